The van der Waals surface area contributed by atoms with Crippen LogP contribution in [0.4, 0.5) is 5.69 Å². The van der Waals surface area contributed by atoms with Crippen molar-refractivity contribution < 1.29 is 4.79 Å². The van der Waals surface area contributed by atoms with Crippen molar-refractivity contribution in [1.29, 1.82) is 0 Å². The Morgan fingerprint density at radius 1 is 1.26 bits per heavy atom. The van der Waals surface area contributed by atoms with Crippen molar-refractivity contribution in [1.82, 2.24) is 9.97 Å². The van der Waals surface area contributed by atoms with Gasteiger partial charge in [-0.05, 0) is 35.9 Å². The van der Waals surface area contributed by atoms with Crippen LogP contribution in [0.2, 0.25) is 0 Å². The molecule has 0 unspecified atom stereocenters. The van der Waals surface area contributed by atoms with E-state index in [9.17, 15) is 4.79 Å². The van der Waals surface area contributed by atoms with Gasteiger partial charge >= 0.3 is 0 Å². The summed E-state index contributed by atoms with van der Waals surface area (Å²) in [5, 5.41) is 2.90. The van der Waals surface area contributed by atoms with Crippen LogP contribution in [-0.4, -0.2) is 28.2 Å². The number of thioether (sulfide) groups is 1. The summed E-state index contributed by atoms with van der Waals surface area (Å²) in [5.74, 6) is 0.545. The minimum Gasteiger partial charge on any atom is -0.311 e. The van der Waals surface area contributed by atoms with E-state index in [1.807, 2.05) is 34.5 Å². The molecule has 0 spiro atoms. The van der Waals surface area contributed by atoms with Crippen molar-refractivity contribution in [2.45, 2.75) is 17.9 Å². The van der Waals surface area contributed by atoms with E-state index in [2.05, 4.69) is 16.0 Å². The molecule has 0 radical (unpaired) electrons. The SMILES string of the molecule is O=C(CSc1ncnc2ccsc12)N1CCCc2ccccc21. The fourth-order valence-corrected chi connectivity index (χ4v) is 4.69. The summed E-state index contributed by atoms with van der Waals surface area (Å²) >= 11 is 3.12. The zero-order valence-electron chi connectivity index (χ0n) is 12.4. The Morgan fingerprint density at radius 2 is 2.17 bits per heavy atom. The van der Waals surface area contributed by atoms with E-state index >= 15 is 0 Å². The first-order valence-corrected chi connectivity index (χ1v) is 9.39. The van der Waals surface area contributed by atoms with E-state index < -0.39 is 0 Å². The number of aryl methyl sites for hydroxylation is 1. The number of thiophene rings is 1. The molecule has 4 nitrogen and oxygen atoms in total. The second kappa shape index (κ2) is 6.29. The van der Waals surface area contributed by atoms with Crippen LogP contribution in [0.25, 0.3) is 10.2 Å². The number of amides is 1. The predicted molar refractivity (Wildman–Crippen MR) is 95.3 cm³/mol. The van der Waals surface area contributed by atoms with Gasteiger partial charge in [0, 0.05) is 12.2 Å². The molecule has 1 aliphatic rings. The third-order valence-corrected chi connectivity index (χ3v) is 5.97. The molecule has 1 aliphatic heterocycles. The quantitative estimate of drug-likeness (QED) is 0.537. The average molecular weight is 341 g/mol. The van der Waals surface area contributed by atoms with Gasteiger partial charge in [0.15, 0.2) is 0 Å². The van der Waals surface area contributed by atoms with Crippen molar-refractivity contribution in [3.63, 3.8) is 0 Å². The molecule has 0 fully saturated rings. The topological polar surface area (TPSA) is 46.1 Å². The lowest BCUT2D eigenvalue weighted by Gasteiger charge is -2.29. The van der Waals surface area contributed by atoms with Gasteiger partial charge < -0.3 is 4.90 Å². The van der Waals surface area contributed by atoms with E-state index in [1.165, 1.54) is 17.3 Å². The third kappa shape index (κ3) is 2.84. The van der Waals surface area contributed by atoms with Gasteiger partial charge in [-0.25, -0.2) is 9.97 Å². The fraction of sp³-hybridized carbons (Fsp3) is 0.235. The van der Waals surface area contributed by atoms with Gasteiger partial charge in [0.1, 0.15) is 11.4 Å². The standard InChI is InChI=1S/C17H15N3OS2/c21-15(20-8-3-5-12-4-1-2-6-14(12)20)10-23-17-16-13(7-9-22-16)18-11-19-17/h1-2,4,6-7,9,11H,3,5,8,10H2. The first-order valence-electron chi connectivity index (χ1n) is 7.52. The summed E-state index contributed by atoms with van der Waals surface area (Å²) in [4.78, 5) is 23.2. The molecule has 0 aliphatic carbocycles. The molecule has 3 aromatic rings. The van der Waals surface area contributed by atoms with E-state index in [0.717, 1.165) is 40.3 Å². The third-order valence-electron chi connectivity index (χ3n) is 3.95. The highest BCUT2D eigenvalue weighted by molar-refractivity contribution is 8.00. The molecule has 2 aromatic heterocycles. The Labute approximate surface area is 142 Å². The first-order chi connectivity index (χ1) is 11.3. The molecule has 3 heterocycles. The number of para-hydroxylation sites is 1. The normalized spacial score (nSPS) is 14.0. The van der Waals surface area contributed by atoms with Gasteiger partial charge in [-0.3, -0.25) is 4.79 Å². The van der Waals surface area contributed by atoms with E-state index in [1.54, 1.807) is 17.7 Å². The Balaban J connectivity index is 1.52. The lowest BCUT2D eigenvalue weighted by Crippen LogP contribution is -2.36. The number of carbonyl (C=O) groups is 1. The highest BCUT2D eigenvalue weighted by Crippen LogP contribution is 2.31. The highest BCUT2D eigenvalue weighted by atomic mass is 32.2. The van der Waals surface area contributed by atoms with Crippen molar-refractivity contribution in [3.8, 4) is 0 Å². The first kappa shape index (κ1) is 14.7. The molecule has 1 amide bonds. The van der Waals surface area contributed by atoms with E-state index in [-0.39, 0.29) is 5.91 Å². The number of carbonyl (C=O) groups excluding carboxylic acids is 1. The van der Waals surface area contributed by atoms with Gasteiger partial charge in [-0.2, -0.15) is 0 Å². The molecule has 116 valence electrons. The number of fused-ring (bicyclic) bond motifs is 2. The van der Waals surface area contributed by atoms with E-state index in [4.69, 9.17) is 0 Å². The number of hydrogen-bond donors (Lipinski definition) is 0. The van der Waals surface area contributed by atoms with Crippen molar-refractivity contribution in [2.24, 2.45) is 0 Å². The molecule has 4 rings (SSSR count). The predicted octanol–water partition coefficient (Wildman–Crippen LogP) is 3.76. The van der Waals surface area contributed by atoms with Crippen molar-refractivity contribution in [2.75, 3.05) is 17.2 Å². The van der Waals surface area contributed by atoms with Gasteiger partial charge in [0.25, 0.3) is 0 Å². The zero-order chi connectivity index (χ0) is 15.6. The van der Waals surface area contributed by atoms with Crippen LogP contribution in [0.5, 0.6) is 0 Å². The largest absolute Gasteiger partial charge is 0.311 e. The maximum absolute atomic E-state index is 12.7. The second-order valence-electron chi connectivity index (χ2n) is 5.38. The van der Waals surface area contributed by atoms with E-state index in [0.29, 0.717) is 5.75 Å². The number of nitrogens with zero attached hydrogens (tertiary/aromatic N) is 3. The molecule has 0 saturated heterocycles. The fourth-order valence-electron chi connectivity index (χ4n) is 2.87. The molecular weight excluding hydrogens is 326 g/mol. The zero-order valence-corrected chi connectivity index (χ0v) is 14.1. The number of aromatic nitrogens is 2. The number of anilines is 1. The Morgan fingerprint density at radius 3 is 3.13 bits per heavy atom. The Kier molecular flexibility index (Phi) is 4.01. The summed E-state index contributed by atoms with van der Waals surface area (Å²) in [6.45, 7) is 0.800. The highest BCUT2D eigenvalue weighted by Gasteiger charge is 2.22. The van der Waals surface area contributed by atoms with Crippen LogP contribution in [0.3, 0.4) is 0 Å². The van der Waals surface area contributed by atoms with Crippen LogP contribution in [0, 0.1) is 0 Å². The van der Waals surface area contributed by atoms with Crippen LogP contribution in [0.15, 0.2) is 47.1 Å². The summed E-state index contributed by atoms with van der Waals surface area (Å²) < 4.78 is 1.06. The van der Waals surface area contributed by atoms with Crippen LogP contribution in [0.1, 0.15) is 12.0 Å². The molecular formula is C17H15N3OS2. The minimum absolute atomic E-state index is 0.144. The maximum Gasteiger partial charge on any atom is 0.237 e. The number of hydrogen-bond acceptors (Lipinski definition) is 5. The number of benzene rings is 1. The van der Waals surface area contributed by atoms with Gasteiger partial charge in [0.05, 0.1) is 16.0 Å². The smallest absolute Gasteiger partial charge is 0.237 e. The molecule has 0 saturated carbocycles. The molecule has 0 N–H and O–H groups in total. The number of rotatable bonds is 3. The molecule has 0 bridgehead atoms. The van der Waals surface area contributed by atoms with Crippen LogP contribution >= 0.6 is 23.1 Å². The lowest BCUT2D eigenvalue weighted by atomic mass is 10.0. The molecule has 0 atom stereocenters. The lowest BCUT2D eigenvalue weighted by molar-refractivity contribution is -0.116. The van der Waals surface area contributed by atoms with Crippen molar-refractivity contribution in [3.05, 3.63) is 47.6 Å². The molecule has 6 heteroatoms. The molecule has 1 aromatic carbocycles. The van der Waals surface area contributed by atoms with Gasteiger partial charge in [-0.15, -0.1) is 11.3 Å². The van der Waals surface area contributed by atoms with Crippen molar-refractivity contribution >= 4 is 44.9 Å². The second-order valence-corrected chi connectivity index (χ2v) is 7.26. The van der Waals surface area contributed by atoms with Crippen LogP contribution in [-0.2, 0) is 11.2 Å². The minimum atomic E-state index is 0.144. The van der Waals surface area contributed by atoms with Gasteiger partial charge in [0.2, 0.25) is 5.91 Å². The summed E-state index contributed by atoms with van der Waals surface area (Å²) in [6, 6.07) is 10.2. The average Bonchev–Trinajstić information content (AvgIpc) is 3.08. The summed E-state index contributed by atoms with van der Waals surface area (Å²) in [7, 11) is 0. The van der Waals surface area contributed by atoms with Gasteiger partial charge in [-0.1, -0.05) is 30.0 Å². The molecule has 23 heavy (non-hydrogen) atoms. The summed E-state index contributed by atoms with van der Waals surface area (Å²) in [5.41, 5.74) is 3.27. The summed E-state index contributed by atoms with van der Waals surface area (Å²) in [6.07, 6.45) is 3.64. The van der Waals surface area contributed by atoms with Crippen LogP contribution < -0.4 is 4.90 Å². The maximum atomic E-state index is 12.7. The monoisotopic (exact) mass is 341 g/mol. The Bertz CT molecular complexity index is 862. The Hall–Kier alpha value is -1.92.